The molecular weight excluding hydrogens is 435 g/mol. The van der Waals surface area contributed by atoms with E-state index in [0.29, 0.717) is 67.9 Å². The number of carbonyl (C=O) groups is 1. The molecule has 2 N–H and O–H groups in total. The van der Waals surface area contributed by atoms with Crippen molar-refractivity contribution in [1.82, 2.24) is 5.32 Å². The van der Waals surface area contributed by atoms with Gasteiger partial charge < -0.3 is 25.0 Å². The molecule has 2 aromatic carbocycles. The van der Waals surface area contributed by atoms with Gasteiger partial charge in [0.05, 0.1) is 26.0 Å². The Kier molecular flexibility index (Phi) is 6.87. The zero-order valence-corrected chi connectivity index (χ0v) is 19.6. The molecule has 2 amide bonds. The number of anilines is 3. The minimum Gasteiger partial charge on any atom is -0.497 e. The van der Waals surface area contributed by atoms with E-state index in [1.807, 2.05) is 23.1 Å². The van der Waals surface area contributed by atoms with Crippen molar-refractivity contribution in [1.29, 1.82) is 0 Å². The summed E-state index contributed by atoms with van der Waals surface area (Å²) in [5.74, 6) is 0.787. The smallest absolute Gasteiger partial charge is 0.326 e. The molecule has 0 spiro atoms. The number of halogens is 1. The molecule has 2 unspecified atom stereocenters. The Labute approximate surface area is 200 Å². The summed E-state index contributed by atoms with van der Waals surface area (Å²) >= 11 is 0. The van der Waals surface area contributed by atoms with E-state index in [9.17, 15) is 4.79 Å². The van der Waals surface area contributed by atoms with Gasteiger partial charge in [-0.3, -0.25) is 4.90 Å². The Hall–Kier alpha value is -2.84. The summed E-state index contributed by atoms with van der Waals surface area (Å²) in [5, 5.41) is 6.64. The maximum absolute atomic E-state index is 15.2. The highest BCUT2D eigenvalue weighted by Gasteiger charge is 2.35. The van der Waals surface area contributed by atoms with Crippen LogP contribution in [0.3, 0.4) is 0 Å². The lowest BCUT2D eigenvalue weighted by Gasteiger charge is -2.34. The van der Waals surface area contributed by atoms with Crippen LogP contribution >= 0.6 is 0 Å². The summed E-state index contributed by atoms with van der Waals surface area (Å²) in [7, 11) is 1.61. The molecular formula is C26H33FN4O3. The number of nitrogens with zero attached hydrogens (tertiary/aromatic N) is 2. The van der Waals surface area contributed by atoms with Gasteiger partial charge in [0.25, 0.3) is 0 Å². The highest BCUT2D eigenvalue weighted by atomic mass is 19.1. The molecule has 182 valence electrons. The SMILES string of the molecule is COc1ccc(NC(=O)N(CC2CC3CCC(C2)N3)c2ccc(N3CCOCC3)c(F)c2)cc1. The van der Waals surface area contributed by atoms with Gasteiger partial charge in [-0.25, -0.2) is 9.18 Å². The van der Waals surface area contributed by atoms with E-state index in [4.69, 9.17) is 9.47 Å². The van der Waals surface area contributed by atoms with E-state index in [1.165, 1.54) is 18.9 Å². The summed E-state index contributed by atoms with van der Waals surface area (Å²) in [6.07, 6.45) is 4.47. The quantitative estimate of drug-likeness (QED) is 0.664. The monoisotopic (exact) mass is 468 g/mol. The lowest BCUT2D eigenvalue weighted by atomic mass is 9.92. The van der Waals surface area contributed by atoms with Gasteiger partial charge in [0.1, 0.15) is 11.6 Å². The van der Waals surface area contributed by atoms with Gasteiger partial charge in [0.15, 0.2) is 0 Å². The molecule has 8 heteroatoms. The van der Waals surface area contributed by atoms with Crippen LogP contribution in [0.1, 0.15) is 25.7 Å². The van der Waals surface area contributed by atoms with Crippen molar-refractivity contribution >= 4 is 23.1 Å². The Morgan fingerprint density at radius 1 is 1.15 bits per heavy atom. The normalized spacial score (nSPS) is 24.1. The van der Waals surface area contributed by atoms with Crippen LogP contribution in [-0.2, 0) is 4.74 Å². The zero-order chi connectivity index (χ0) is 23.5. The second-order valence-corrected chi connectivity index (χ2v) is 9.48. The van der Waals surface area contributed by atoms with E-state index in [2.05, 4.69) is 10.6 Å². The highest BCUT2D eigenvalue weighted by molar-refractivity contribution is 6.01. The fraction of sp³-hybridized carbons (Fsp3) is 0.500. The Morgan fingerprint density at radius 2 is 1.85 bits per heavy atom. The molecule has 0 aliphatic carbocycles. The van der Waals surface area contributed by atoms with Crippen molar-refractivity contribution in [3.8, 4) is 5.75 Å². The molecule has 5 rings (SSSR count). The van der Waals surface area contributed by atoms with Gasteiger partial charge in [0, 0.05) is 43.1 Å². The fourth-order valence-electron chi connectivity index (χ4n) is 5.48. The second-order valence-electron chi connectivity index (χ2n) is 9.48. The number of benzene rings is 2. The van der Waals surface area contributed by atoms with Crippen LogP contribution in [0.5, 0.6) is 5.75 Å². The summed E-state index contributed by atoms with van der Waals surface area (Å²) < 4.78 is 25.8. The van der Waals surface area contributed by atoms with Crippen molar-refractivity contribution < 1.29 is 18.7 Å². The molecule has 0 aromatic heterocycles. The Morgan fingerprint density at radius 3 is 2.50 bits per heavy atom. The number of ether oxygens (including phenoxy) is 2. The van der Waals surface area contributed by atoms with Crippen molar-refractivity contribution in [3.63, 3.8) is 0 Å². The minimum absolute atomic E-state index is 0.255. The molecule has 3 heterocycles. The fourth-order valence-corrected chi connectivity index (χ4v) is 5.48. The average molecular weight is 469 g/mol. The number of piperidine rings is 1. The van der Waals surface area contributed by atoms with Crippen molar-refractivity contribution in [2.24, 2.45) is 5.92 Å². The minimum atomic E-state index is -0.313. The van der Waals surface area contributed by atoms with Crippen LogP contribution in [0.4, 0.5) is 26.2 Å². The number of amides is 2. The van der Waals surface area contributed by atoms with Crippen LogP contribution < -0.4 is 25.2 Å². The lowest BCUT2D eigenvalue weighted by molar-refractivity contribution is 0.122. The first-order chi connectivity index (χ1) is 16.6. The van der Waals surface area contributed by atoms with E-state index in [1.54, 1.807) is 30.2 Å². The van der Waals surface area contributed by atoms with Crippen molar-refractivity contribution in [2.75, 3.05) is 55.1 Å². The third-order valence-corrected chi connectivity index (χ3v) is 7.19. The summed E-state index contributed by atoms with van der Waals surface area (Å²) in [5.41, 5.74) is 1.81. The van der Waals surface area contributed by atoms with Crippen LogP contribution in [0.25, 0.3) is 0 Å². The third kappa shape index (κ3) is 5.13. The van der Waals surface area contributed by atoms with Crippen LogP contribution in [-0.4, -0.2) is 58.1 Å². The Bertz CT molecular complexity index is 984. The summed E-state index contributed by atoms with van der Waals surface area (Å²) in [6.45, 7) is 3.07. The van der Waals surface area contributed by atoms with Gasteiger partial charge in [0.2, 0.25) is 0 Å². The summed E-state index contributed by atoms with van der Waals surface area (Å²) in [6, 6.07) is 13.2. The number of methoxy groups -OCH3 is 1. The lowest BCUT2D eigenvalue weighted by Crippen LogP contribution is -2.45. The van der Waals surface area contributed by atoms with E-state index < -0.39 is 0 Å². The first-order valence-electron chi connectivity index (χ1n) is 12.2. The van der Waals surface area contributed by atoms with Gasteiger partial charge in [-0.2, -0.15) is 0 Å². The number of rotatable bonds is 6. The predicted molar refractivity (Wildman–Crippen MR) is 131 cm³/mol. The van der Waals surface area contributed by atoms with Gasteiger partial charge in [-0.1, -0.05) is 0 Å². The molecule has 2 bridgehead atoms. The number of fused-ring (bicyclic) bond motifs is 2. The van der Waals surface area contributed by atoms with Crippen molar-refractivity contribution in [2.45, 2.75) is 37.8 Å². The molecule has 2 aromatic rings. The first-order valence-corrected chi connectivity index (χ1v) is 12.2. The van der Waals surface area contributed by atoms with Crippen LogP contribution in [0, 0.1) is 11.7 Å². The Balaban J connectivity index is 1.37. The molecule has 3 aliphatic heterocycles. The molecule has 34 heavy (non-hydrogen) atoms. The molecule has 3 saturated heterocycles. The predicted octanol–water partition coefficient (Wildman–Crippen LogP) is 4.24. The number of carbonyl (C=O) groups excluding carboxylic acids is 1. The molecule has 0 saturated carbocycles. The first kappa shape index (κ1) is 22.9. The maximum Gasteiger partial charge on any atom is 0.326 e. The average Bonchev–Trinajstić information content (AvgIpc) is 3.21. The van der Waals surface area contributed by atoms with Crippen molar-refractivity contribution in [3.05, 3.63) is 48.3 Å². The molecule has 3 fully saturated rings. The van der Waals surface area contributed by atoms with Gasteiger partial charge in [-0.05, 0) is 74.1 Å². The molecule has 2 atom stereocenters. The van der Waals surface area contributed by atoms with Crippen LogP contribution in [0.2, 0.25) is 0 Å². The number of nitrogens with one attached hydrogen (secondary N) is 2. The molecule has 0 radical (unpaired) electrons. The second kappa shape index (κ2) is 10.2. The molecule has 7 nitrogen and oxygen atoms in total. The van der Waals surface area contributed by atoms with E-state index >= 15 is 4.39 Å². The van der Waals surface area contributed by atoms with Gasteiger partial charge >= 0.3 is 6.03 Å². The largest absolute Gasteiger partial charge is 0.497 e. The van der Waals surface area contributed by atoms with Crippen LogP contribution in [0.15, 0.2) is 42.5 Å². The summed E-state index contributed by atoms with van der Waals surface area (Å²) in [4.78, 5) is 17.1. The zero-order valence-electron chi connectivity index (χ0n) is 19.6. The molecule has 3 aliphatic rings. The topological polar surface area (TPSA) is 66.1 Å². The van der Waals surface area contributed by atoms with E-state index in [-0.39, 0.29) is 11.8 Å². The third-order valence-electron chi connectivity index (χ3n) is 7.19. The highest BCUT2D eigenvalue weighted by Crippen LogP contribution is 2.33. The number of hydrogen-bond donors (Lipinski definition) is 2. The number of hydrogen-bond acceptors (Lipinski definition) is 5. The number of urea groups is 1. The van der Waals surface area contributed by atoms with Gasteiger partial charge in [-0.15, -0.1) is 0 Å². The van der Waals surface area contributed by atoms with E-state index in [0.717, 1.165) is 18.6 Å². The maximum atomic E-state index is 15.2. The standard InChI is InChI=1S/C26H33FN4O3/c1-33-23-7-4-19(5-8-23)29-26(32)31(17-18-14-20-2-3-21(15-18)28-20)22-6-9-25(24(27)16-22)30-10-12-34-13-11-30/h4-9,16,18,20-21,28H,2-3,10-15,17H2,1H3,(H,29,32). The number of morpholine rings is 1.